The maximum Gasteiger partial charge on any atom is 0.313 e. The Morgan fingerprint density at radius 1 is 1.28 bits per heavy atom. The van der Waals surface area contributed by atoms with Gasteiger partial charge >= 0.3 is 11.8 Å². The molecule has 1 aromatic carbocycles. The van der Waals surface area contributed by atoms with E-state index >= 15 is 0 Å². The largest absolute Gasteiger partial charge is 0.348 e. The highest BCUT2D eigenvalue weighted by Gasteiger charge is 2.14. The van der Waals surface area contributed by atoms with Crippen LogP contribution in [0.15, 0.2) is 22.7 Å². The van der Waals surface area contributed by atoms with Crippen molar-refractivity contribution in [3.05, 3.63) is 28.2 Å². The van der Waals surface area contributed by atoms with Crippen LogP contribution in [0.4, 0.5) is 5.69 Å². The lowest BCUT2D eigenvalue weighted by Crippen LogP contribution is -2.37. The maximum atomic E-state index is 11.6. The minimum absolute atomic E-state index is 0.316. The van der Waals surface area contributed by atoms with E-state index in [0.29, 0.717) is 18.2 Å². The lowest BCUT2D eigenvalue weighted by atomic mass is 10.2. The predicted octanol–water partition coefficient (Wildman–Crippen LogP) is 2.47. The summed E-state index contributed by atoms with van der Waals surface area (Å²) in [4.78, 5) is 23.1. The number of amides is 2. The third kappa shape index (κ3) is 4.49. The summed E-state index contributed by atoms with van der Waals surface area (Å²) in [5, 5.41) is 5.16. The van der Waals surface area contributed by atoms with Crippen LogP contribution in [-0.2, 0) is 9.59 Å². The average Bonchev–Trinajstić information content (AvgIpc) is 2.29. The normalized spacial score (nSPS) is 10.3. The highest BCUT2D eigenvalue weighted by molar-refractivity contribution is 9.10. The van der Waals surface area contributed by atoms with E-state index in [4.69, 9.17) is 0 Å². The van der Waals surface area contributed by atoms with E-state index in [1.165, 1.54) is 0 Å². The Bertz CT molecular complexity index is 458. The van der Waals surface area contributed by atoms with Crippen LogP contribution in [0.3, 0.4) is 0 Å². The van der Waals surface area contributed by atoms with Gasteiger partial charge in [0, 0.05) is 16.7 Å². The molecule has 4 nitrogen and oxygen atoms in total. The molecule has 18 heavy (non-hydrogen) atoms. The van der Waals surface area contributed by atoms with Crippen molar-refractivity contribution >= 4 is 33.4 Å². The van der Waals surface area contributed by atoms with E-state index in [9.17, 15) is 9.59 Å². The van der Waals surface area contributed by atoms with Gasteiger partial charge in [0.25, 0.3) is 0 Å². The third-order valence-corrected chi connectivity index (χ3v) is 2.81. The summed E-state index contributed by atoms with van der Waals surface area (Å²) in [6.07, 6.45) is 0. The molecule has 0 saturated carbocycles. The average molecular weight is 313 g/mol. The summed E-state index contributed by atoms with van der Waals surface area (Å²) in [7, 11) is 0. The van der Waals surface area contributed by atoms with E-state index < -0.39 is 11.8 Å². The fraction of sp³-hybridized carbons (Fsp3) is 0.385. The topological polar surface area (TPSA) is 58.2 Å². The number of benzene rings is 1. The Balaban J connectivity index is 2.61. The van der Waals surface area contributed by atoms with Gasteiger partial charge < -0.3 is 10.6 Å². The molecule has 0 radical (unpaired) electrons. The van der Waals surface area contributed by atoms with Gasteiger partial charge in [-0.15, -0.1) is 0 Å². The van der Waals surface area contributed by atoms with Gasteiger partial charge in [-0.25, -0.2) is 0 Å². The lowest BCUT2D eigenvalue weighted by molar-refractivity contribution is -0.136. The number of nitrogens with one attached hydrogen (secondary N) is 2. The van der Waals surface area contributed by atoms with Gasteiger partial charge in [0.05, 0.1) is 0 Å². The number of carbonyl (C=O) groups is 2. The van der Waals surface area contributed by atoms with E-state index in [2.05, 4.69) is 26.6 Å². The molecular formula is C13H17BrN2O2. The third-order valence-electron chi connectivity index (χ3n) is 2.31. The van der Waals surface area contributed by atoms with Crippen molar-refractivity contribution in [1.82, 2.24) is 5.32 Å². The van der Waals surface area contributed by atoms with Crippen LogP contribution in [0.2, 0.25) is 0 Å². The van der Waals surface area contributed by atoms with Crippen LogP contribution >= 0.6 is 15.9 Å². The zero-order chi connectivity index (χ0) is 13.7. The van der Waals surface area contributed by atoms with Gasteiger partial charge in [-0.2, -0.15) is 0 Å². The van der Waals surface area contributed by atoms with E-state index in [1.54, 1.807) is 6.07 Å². The van der Waals surface area contributed by atoms with E-state index in [0.717, 1.165) is 10.0 Å². The molecule has 5 heteroatoms. The van der Waals surface area contributed by atoms with Gasteiger partial charge in [0.1, 0.15) is 0 Å². The molecule has 2 amide bonds. The van der Waals surface area contributed by atoms with Crippen LogP contribution in [0, 0.1) is 12.8 Å². The molecule has 0 unspecified atom stereocenters. The van der Waals surface area contributed by atoms with E-state index in [1.807, 2.05) is 32.9 Å². The standard InChI is InChI=1S/C13H17BrN2O2/c1-8(2)7-15-12(17)13(18)16-11-5-4-10(14)6-9(11)3/h4-6,8H,7H2,1-3H3,(H,15,17)(H,16,18). The van der Waals surface area contributed by atoms with Crippen LogP contribution < -0.4 is 10.6 Å². The predicted molar refractivity (Wildman–Crippen MR) is 75.4 cm³/mol. The first-order valence-corrected chi connectivity index (χ1v) is 6.54. The summed E-state index contributed by atoms with van der Waals surface area (Å²) in [6.45, 7) is 6.30. The molecule has 1 rings (SSSR count). The summed E-state index contributed by atoms with van der Waals surface area (Å²) in [5.41, 5.74) is 1.54. The number of halogens is 1. The molecule has 98 valence electrons. The van der Waals surface area contributed by atoms with Crippen molar-refractivity contribution in [2.24, 2.45) is 5.92 Å². The molecule has 0 saturated heterocycles. The Morgan fingerprint density at radius 2 is 1.94 bits per heavy atom. The highest BCUT2D eigenvalue weighted by atomic mass is 79.9. The summed E-state index contributed by atoms with van der Waals surface area (Å²) < 4.78 is 0.933. The second-order valence-electron chi connectivity index (χ2n) is 4.52. The Labute approximate surface area is 115 Å². The van der Waals surface area contributed by atoms with Crippen molar-refractivity contribution in [1.29, 1.82) is 0 Å². The molecule has 0 aliphatic carbocycles. The molecular weight excluding hydrogens is 296 g/mol. The first kappa shape index (κ1) is 14.7. The number of hydrogen-bond acceptors (Lipinski definition) is 2. The van der Waals surface area contributed by atoms with E-state index in [-0.39, 0.29) is 0 Å². The minimum atomic E-state index is -0.638. The van der Waals surface area contributed by atoms with Gasteiger partial charge in [-0.1, -0.05) is 29.8 Å². The molecule has 0 aromatic heterocycles. The number of rotatable bonds is 3. The second kappa shape index (κ2) is 6.54. The van der Waals surface area contributed by atoms with Crippen LogP contribution in [0.25, 0.3) is 0 Å². The molecule has 0 aliphatic rings. The highest BCUT2D eigenvalue weighted by Crippen LogP contribution is 2.19. The Morgan fingerprint density at radius 3 is 2.50 bits per heavy atom. The molecule has 0 aliphatic heterocycles. The Kier molecular flexibility index (Phi) is 5.34. The molecule has 1 aromatic rings. The van der Waals surface area contributed by atoms with Gasteiger partial charge in [0.15, 0.2) is 0 Å². The molecule has 0 bridgehead atoms. The summed E-state index contributed by atoms with van der Waals surface area (Å²) >= 11 is 3.34. The fourth-order valence-corrected chi connectivity index (χ4v) is 1.80. The van der Waals surface area contributed by atoms with Gasteiger partial charge in [-0.05, 0) is 36.6 Å². The summed E-state index contributed by atoms with van der Waals surface area (Å²) in [6, 6.07) is 5.45. The fourth-order valence-electron chi connectivity index (χ4n) is 1.32. The van der Waals surface area contributed by atoms with Gasteiger partial charge in [0.2, 0.25) is 0 Å². The van der Waals surface area contributed by atoms with Crippen LogP contribution in [0.5, 0.6) is 0 Å². The lowest BCUT2D eigenvalue weighted by Gasteiger charge is -2.10. The first-order chi connectivity index (χ1) is 8.40. The second-order valence-corrected chi connectivity index (χ2v) is 5.43. The molecule has 0 atom stereocenters. The number of carbonyl (C=O) groups excluding carboxylic acids is 2. The SMILES string of the molecule is Cc1cc(Br)ccc1NC(=O)C(=O)NCC(C)C. The minimum Gasteiger partial charge on any atom is -0.348 e. The smallest absolute Gasteiger partial charge is 0.313 e. The van der Waals surface area contributed by atoms with Gasteiger partial charge in [-0.3, -0.25) is 9.59 Å². The molecule has 0 fully saturated rings. The zero-order valence-electron chi connectivity index (χ0n) is 10.7. The number of hydrogen-bond donors (Lipinski definition) is 2. The Hall–Kier alpha value is -1.36. The maximum absolute atomic E-state index is 11.6. The molecule has 2 N–H and O–H groups in total. The monoisotopic (exact) mass is 312 g/mol. The van der Waals surface area contributed by atoms with Crippen molar-refractivity contribution in [3.8, 4) is 0 Å². The van der Waals surface area contributed by atoms with Crippen LogP contribution in [-0.4, -0.2) is 18.4 Å². The first-order valence-electron chi connectivity index (χ1n) is 5.75. The summed E-state index contributed by atoms with van der Waals surface area (Å²) in [5.74, 6) is -0.928. The quantitative estimate of drug-likeness (QED) is 0.842. The molecule has 0 heterocycles. The zero-order valence-corrected chi connectivity index (χ0v) is 12.3. The van der Waals surface area contributed by atoms with Crippen molar-refractivity contribution in [2.75, 3.05) is 11.9 Å². The molecule has 0 spiro atoms. The van der Waals surface area contributed by atoms with Crippen LogP contribution in [0.1, 0.15) is 19.4 Å². The van der Waals surface area contributed by atoms with Crippen molar-refractivity contribution < 1.29 is 9.59 Å². The van der Waals surface area contributed by atoms with Crippen molar-refractivity contribution in [2.45, 2.75) is 20.8 Å². The number of anilines is 1. The number of aryl methyl sites for hydroxylation is 1. The van der Waals surface area contributed by atoms with Crippen molar-refractivity contribution in [3.63, 3.8) is 0 Å².